The first-order valence-corrected chi connectivity index (χ1v) is 9.40. The third-order valence-corrected chi connectivity index (χ3v) is 5.75. The summed E-state index contributed by atoms with van der Waals surface area (Å²) in [7, 11) is 1.87. The molecule has 0 radical (unpaired) electrons. The Kier molecular flexibility index (Phi) is 3.72. The molecule has 2 aliphatic rings. The molecule has 0 amide bonds. The van der Waals surface area contributed by atoms with Crippen molar-refractivity contribution in [1.29, 1.82) is 5.26 Å². The second-order valence-electron chi connectivity index (χ2n) is 7.34. The molecule has 2 aromatic heterocycles. The Balaban J connectivity index is 1.64. The monoisotopic (exact) mass is 372 g/mol. The van der Waals surface area contributed by atoms with Gasteiger partial charge in [0.15, 0.2) is 0 Å². The molecule has 1 aromatic carbocycles. The molecule has 0 spiro atoms. The fourth-order valence-corrected chi connectivity index (χ4v) is 4.07. The maximum absolute atomic E-state index is 9.82. The van der Waals surface area contributed by atoms with Gasteiger partial charge in [-0.25, -0.2) is 9.67 Å². The van der Waals surface area contributed by atoms with Crippen LogP contribution in [0.4, 0.5) is 0 Å². The number of hydrogen-bond acceptors (Lipinski definition) is 5. The van der Waals surface area contributed by atoms with Crippen molar-refractivity contribution in [1.82, 2.24) is 19.3 Å². The highest BCUT2D eigenvalue weighted by atomic mass is 16.5. The van der Waals surface area contributed by atoms with Gasteiger partial charge in [0, 0.05) is 31.0 Å². The number of rotatable bonds is 3. The second kappa shape index (κ2) is 6.27. The predicted octanol–water partition coefficient (Wildman–Crippen LogP) is 3.09. The van der Waals surface area contributed by atoms with Gasteiger partial charge in [-0.2, -0.15) is 10.4 Å². The lowest BCUT2D eigenvalue weighted by molar-refractivity contribution is 0.358. The summed E-state index contributed by atoms with van der Waals surface area (Å²) in [5.41, 5.74) is 10.6. The largest absolute Gasteiger partial charge is 0.422 e. The molecule has 28 heavy (non-hydrogen) atoms. The van der Waals surface area contributed by atoms with Crippen molar-refractivity contribution in [2.75, 3.05) is 0 Å². The minimum absolute atomic E-state index is 0.154. The van der Waals surface area contributed by atoms with E-state index in [1.165, 1.54) is 6.42 Å². The molecule has 1 atom stereocenters. The van der Waals surface area contributed by atoms with Gasteiger partial charge in [0.2, 0.25) is 11.8 Å². The van der Waals surface area contributed by atoms with E-state index in [1.54, 1.807) is 17.2 Å². The first-order chi connectivity index (χ1) is 13.7. The Morgan fingerprint density at radius 1 is 1.25 bits per heavy atom. The van der Waals surface area contributed by atoms with E-state index in [0.717, 1.165) is 35.3 Å². The minimum Gasteiger partial charge on any atom is -0.422 e. The Morgan fingerprint density at radius 2 is 2.04 bits per heavy atom. The van der Waals surface area contributed by atoms with Gasteiger partial charge >= 0.3 is 0 Å². The van der Waals surface area contributed by atoms with E-state index in [1.807, 2.05) is 42.1 Å². The molecular formula is C21H20N6O. The van der Waals surface area contributed by atoms with Gasteiger partial charge in [-0.05, 0) is 30.5 Å². The first-order valence-electron chi connectivity index (χ1n) is 9.40. The van der Waals surface area contributed by atoms with Crippen LogP contribution in [0.25, 0.3) is 5.69 Å². The minimum atomic E-state index is -0.269. The van der Waals surface area contributed by atoms with Gasteiger partial charge in [-0.1, -0.05) is 18.6 Å². The molecule has 0 saturated heterocycles. The van der Waals surface area contributed by atoms with E-state index in [0.29, 0.717) is 17.4 Å². The van der Waals surface area contributed by atoms with Crippen LogP contribution in [0.1, 0.15) is 47.9 Å². The number of nitrogens with two attached hydrogens (primary N) is 1. The average molecular weight is 372 g/mol. The number of aryl methyl sites for hydroxylation is 1. The molecule has 1 aliphatic carbocycles. The lowest BCUT2D eigenvalue weighted by atomic mass is 9.76. The molecule has 1 unspecified atom stereocenters. The van der Waals surface area contributed by atoms with E-state index in [4.69, 9.17) is 15.6 Å². The predicted molar refractivity (Wildman–Crippen MR) is 103 cm³/mol. The zero-order chi connectivity index (χ0) is 19.3. The van der Waals surface area contributed by atoms with Crippen LogP contribution in [-0.2, 0) is 7.05 Å². The van der Waals surface area contributed by atoms with Gasteiger partial charge in [-0.15, -0.1) is 0 Å². The highest BCUT2D eigenvalue weighted by Gasteiger charge is 2.39. The van der Waals surface area contributed by atoms with Crippen LogP contribution in [0.5, 0.6) is 5.88 Å². The summed E-state index contributed by atoms with van der Waals surface area (Å²) in [5.74, 6) is 0.948. The fourth-order valence-electron chi connectivity index (χ4n) is 4.07. The van der Waals surface area contributed by atoms with Crippen molar-refractivity contribution >= 4 is 0 Å². The number of ether oxygens (including phenoxy) is 1. The zero-order valence-corrected chi connectivity index (χ0v) is 15.5. The molecule has 3 heterocycles. The van der Waals surface area contributed by atoms with Crippen LogP contribution in [0, 0.1) is 11.3 Å². The SMILES string of the molecule is Cn1nc(C2CCC2)c2c1OC(N)=C(C#N)C2c1ccc(-n2ccnc2)cc1. The summed E-state index contributed by atoms with van der Waals surface area (Å²) < 4.78 is 9.51. The Labute approximate surface area is 162 Å². The summed E-state index contributed by atoms with van der Waals surface area (Å²) in [4.78, 5) is 4.09. The van der Waals surface area contributed by atoms with E-state index in [9.17, 15) is 5.26 Å². The summed E-state index contributed by atoms with van der Waals surface area (Å²) in [5, 5.41) is 14.6. The van der Waals surface area contributed by atoms with E-state index >= 15 is 0 Å². The van der Waals surface area contributed by atoms with Crippen LogP contribution >= 0.6 is 0 Å². The van der Waals surface area contributed by atoms with Gasteiger partial charge in [0.1, 0.15) is 11.6 Å². The molecule has 7 heteroatoms. The number of nitriles is 1. The van der Waals surface area contributed by atoms with Crippen LogP contribution in [-0.4, -0.2) is 19.3 Å². The molecular weight excluding hydrogens is 352 g/mol. The number of fused-ring (bicyclic) bond motifs is 1. The van der Waals surface area contributed by atoms with Crippen molar-refractivity contribution in [2.24, 2.45) is 12.8 Å². The smallest absolute Gasteiger partial charge is 0.224 e. The third-order valence-electron chi connectivity index (χ3n) is 5.75. The highest BCUT2D eigenvalue weighted by Crippen LogP contribution is 2.48. The van der Waals surface area contributed by atoms with Crippen molar-refractivity contribution < 1.29 is 4.74 Å². The van der Waals surface area contributed by atoms with Gasteiger partial charge in [0.25, 0.3) is 0 Å². The molecule has 3 aromatic rings. The van der Waals surface area contributed by atoms with Crippen LogP contribution in [0.3, 0.4) is 0 Å². The molecule has 1 fully saturated rings. The van der Waals surface area contributed by atoms with Crippen molar-refractivity contribution in [3.8, 4) is 17.6 Å². The summed E-state index contributed by atoms with van der Waals surface area (Å²) in [6, 6.07) is 10.4. The fraction of sp³-hybridized carbons (Fsp3) is 0.286. The lowest BCUT2D eigenvalue weighted by Gasteiger charge is -2.29. The molecule has 1 aliphatic heterocycles. The number of hydrogen-bond donors (Lipinski definition) is 1. The van der Waals surface area contributed by atoms with E-state index in [2.05, 4.69) is 11.1 Å². The summed E-state index contributed by atoms with van der Waals surface area (Å²) >= 11 is 0. The normalized spacial score (nSPS) is 18.9. The molecule has 0 bridgehead atoms. The molecule has 5 rings (SSSR count). The maximum atomic E-state index is 9.82. The number of allylic oxidation sites excluding steroid dienone is 1. The molecule has 140 valence electrons. The second-order valence-corrected chi connectivity index (χ2v) is 7.34. The topological polar surface area (TPSA) is 94.7 Å². The summed E-state index contributed by atoms with van der Waals surface area (Å²) in [6.07, 6.45) is 8.86. The van der Waals surface area contributed by atoms with Crippen molar-refractivity contribution in [2.45, 2.75) is 31.1 Å². The number of benzene rings is 1. The van der Waals surface area contributed by atoms with Crippen LogP contribution in [0.15, 0.2) is 54.4 Å². The van der Waals surface area contributed by atoms with Gasteiger partial charge in [-0.3, -0.25) is 0 Å². The van der Waals surface area contributed by atoms with Crippen molar-refractivity contribution in [3.63, 3.8) is 0 Å². The van der Waals surface area contributed by atoms with Crippen LogP contribution in [0.2, 0.25) is 0 Å². The molecule has 1 saturated carbocycles. The lowest BCUT2D eigenvalue weighted by Crippen LogP contribution is -2.23. The molecule has 7 nitrogen and oxygen atoms in total. The Hall–Kier alpha value is -3.53. The first kappa shape index (κ1) is 16.6. The Morgan fingerprint density at radius 3 is 2.64 bits per heavy atom. The van der Waals surface area contributed by atoms with Gasteiger partial charge < -0.3 is 15.0 Å². The van der Waals surface area contributed by atoms with Crippen molar-refractivity contribution in [3.05, 3.63) is 71.3 Å². The maximum Gasteiger partial charge on any atom is 0.224 e. The quantitative estimate of drug-likeness (QED) is 0.762. The summed E-state index contributed by atoms with van der Waals surface area (Å²) in [6.45, 7) is 0. The number of imidazole rings is 1. The number of aromatic nitrogens is 4. The third kappa shape index (κ3) is 2.42. The zero-order valence-electron chi connectivity index (χ0n) is 15.5. The van der Waals surface area contributed by atoms with E-state index < -0.39 is 0 Å². The number of nitrogens with zero attached hydrogens (tertiary/aromatic N) is 5. The standard InChI is InChI=1S/C21H20N6O/c1-26-21-18(19(25-26)14-3-2-4-14)17(16(11-22)20(23)28-21)13-5-7-15(8-6-13)27-10-9-24-12-27/h5-10,12,14,17H,2-4,23H2,1H3. The Bertz CT molecular complexity index is 1100. The van der Waals surface area contributed by atoms with Crippen LogP contribution < -0.4 is 10.5 Å². The average Bonchev–Trinajstić information content (AvgIpc) is 3.29. The van der Waals surface area contributed by atoms with E-state index in [-0.39, 0.29) is 11.8 Å². The van der Waals surface area contributed by atoms with Gasteiger partial charge in [0.05, 0.1) is 23.5 Å². The highest BCUT2D eigenvalue weighted by molar-refractivity contribution is 5.57. The molecule has 2 N–H and O–H groups in total.